The number of para-hydroxylation sites is 1. The van der Waals surface area contributed by atoms with E-state index in [1.807, 2.05) is 30.5 Å². The van der Waals surface area contributed by atoms with Gasteiger partial charge in [-0.15, -0.1) is 11.3 Å². The maximum absolute atomic E-state index is 13.2. The molecule has 30 heavy (non-hydrogen) atoms. The molecule has 1 amide bonds. The van der Waals surface area contributed by atoms with Crippen LogP contribution in [0.25, 0.3) is 16.6 Å². The van der Waals surface area contributed by atoms with Crippen molar-refractivity contribution in [3.8, 4) is 5.69 Å². The lowest BCUT2D eigenvalue weighted by Gasteiger charge is -2.15. The van der Waals surface area contributed by atoms with E-state index in [2.05, 4.69) is 10.3 Å². The molecular weight excluding hydrogens is 438 g/mol. The van der Waals surface area contributed by atoms with Crippen LogP contribution in [-0.4, -0.2) is 21.2 Å². The topological polar surface area (TPSA) is 64.0 Å². The molecule has 2 heterocycles. The summed E-state index contributed by atoms with van der Waals surface area (Å²) in [5.74, 6) is 0.0158. The molecule has 0 aliphatic rings. The van der Waals surface area contributed by atoms with Crippen molar-refractivity contribution in [3.63, 3.8) is 0 Å². The number of halogens is 1. The fraction of sp³-hybridized carbons (Fsp3) is 0.136. The molecule has 8 heteroatoms. The maximum Gasteiger partial charge on any atom is 0.266 e. The predicted octanol–water partition coefficient (Wildman–Crippen LogP) is 5.07. The summed E-state index contributed by atoms with van der Waals surface area (Å²) in [5, 5.41) is 6.44. The van der Waals surface area contributed by atoms with Crippen molar-refractivity contribution >= 4 is 51.5 Å². The van der Waals surface area contributed by atoms with Crippen molar-refractivity contribution < 1.29 is 4.79 Å². The van der Waals surface area contributed by atoms with E-state index in [1.54, 1.807) is 53.8 Å². The molecule has 152 valence electrons. The summed E-state index contributed by atoms with van der Waals surface area (Å²) < 4.78 is 1.51. The van der Waals surface area contributed by atoms with Crippen LogP contribution in [-0.2, 0) is 4.79 Å². The molecule has 0 aliphatic heterocycles. The van der Waals surface area contributed by atoms with Crippen molar-refractivity contribution in [3.05, 3.63) is 86.3 Å². The van der Waals surface area contributed by atoms with Crippen molar-refractivity contribution in [2.24, 2.45) is 0 Å². The van der Waals surface area contributed by atoms with Crippen LogP contribution >= 0.6 is 34.7 Å². The molecule has 0 aliphatic carbocycles. The fourth-order valence-electron chi connectivity index (χ4n) is 3.07. The molecule has 0 spiro atoms. The second kappa shape index (κ2) is 9.04. The van der Waals surface area contributed by atoms with Gasteiger partial charge < -0.3 is 5.32 Å². The summed E-state index contributed by atoms with van der Waals surface area (Å²) in [6, 6.07) is 18.1. The molecule has 1 N–H and O–H groups in total. The Bertz CT molecular complexity index is 1250. The van der Waals surface area contributed by atoms with Crippen molar-refractivity contribution in [2.45, 2.75) is 18.1 Å². The molecule has 0 radical (unpaired) electrons. The Morgan fingerprint density at radius 2 is 2.03 bits per heavy atom. The van der Waals surface area contributed by atoms with Crippen molar-refractivity contribution in [1.29, 1.82) is 0 Å². The zero-order valence-electron chi connectivity index (χ0n) is 16.0. The summed E-state index contributed by atoms with van der Waals surface area (Å²) in [6.45, 7) is 1.95. The third-order valence-electron chi connectivity index (χ3n) is 4.49. The number of fused-ring (bicyclic) bond motifs is 1. The van der Waals surface area contributed by atoms with Crippen molar-refractivity contribution in [2.75, 3.05) is 5.75 Å². The van der Waals surface area contributed by atoms with E-state index < -0.39 is 0 Å². The minimum Gasteiger partial charge on any atom is -0.348 e. The van der Waals surface area contributed by atoms with Gasteiger partial charge in [0.05, 0.1) is 28.4 Å². The van der Waals surface area contributed by atoms with Gasteiger partial charge >= 0.3 is 0 Å². The van der Waals surface area contributed by atoms with Gasteiger partial charge in [0.15, 0.2) is 5.16 Å². The average molecular weight is 456 g/mol. The summed E-state index contributed by atoms with van der Waals surface area (Å²) >= 11 is 8.97. The van der Waals surface area contributed by atoms with Crippen LogP contribution < -0.4 is 10.9 Å². The lowest BCUT2D eigenvalue weighted by atomic mass is 10.2. The maximum atomic E-state index is 13.2. The fourth-order valence-corrected chi connectivity index (χ4v) is 4.82. The molecule has 0 saturated carbocycles. The molecule has 5 nitrogen and oxygen atoms in total. The number of thiophene rings is 1. The Labute approximate surface area is 186 Å². The van der Waals surface area contributed by atoms with Gasteiger partial charge in [0.25, 0.3) is 5.56 Å². The number of thioether (sulfide) groups is 1. The number of carbonyl (C=O) groups is 1. The van der Waals surface area contributed by atoms with E-state index in [0.29, 0.717) is 26.8 Å². The first-order chi connectivity index (χ1) is 14.5. The quantitative estimate of drug-likeness (QED) is 0.325. The average Bonchev–Trinajstić information content (AvgIpc) is 3.27. The van der Waals surface area contributed by atoms with Crippen LogP contribution in [0.4, 0.5) is 0 Å². The SMILES string of the molecule is CC(NC(=O)CSc1nc2ccccc2c(=O)n1-c1cccc(Cl)c1)c1cccs1. The third kappa shape index (κ3) is 4.43. The van der Waals surface area contributed by atoms with Crippen molar-refractivity contribution in [1.82, 2.24) is 14.9 Å². The summed E-state index contributed by atoms with van der Waals surface area (Å²) in [5.41, 5.74) is 1.01. The molecule has 0 fully saturated rings. The van der Waals surface area contributed by atoms with Gasteiger partial charge in [0.2, 0.25) is 5.91 Å². The van der Waals surface area contributed by atoms with Gasteiger partial charge in [0, 0.05) is 9.90 Å². The summed E-state index contributed by atoms with van der Waals surface area (Å²) in [4.78, 5) is 31.5. The Balaban J connectivity index is 1.65. The second-order valence-corrected chi connectivity index (χ2v) is 8.98. The van der Waals surface area contributed by atoms with E-state index >= 15 is 0 Å². The van der Waals surface area contributed by atoms with Crippen LogP contribution in [0.2, 0.25) is 5.02 Å². The lowest BCUT2D eigenvalue weighted by molar-refractivity contribution is -0.119. The highest BCUT2D eigenvalue weighted by Crippen LogP contribution is 2.23. The molecule has 4 rings (SSSR count). The van der Waals surface area contributed by atoms with Crippen LogP contribution in [0.1, 0.15) is 17.8 Å². The zero-order valence-corrected chi connectivity index (χ0v) is 18.4. The largest absolute Gasteiger partial charge is 0.348 e. The summed E-state index contributed by atoms with van der Waals surface area (Å²) in [7, 11) is 0. The van der Waals surface area contributed by atoms with E-state index in [9.17, 15) is 9.59 Å². The number of carbonyl (C=O) groups excluding carboxylic acids is 1. The van der Waals surface area contributed by atoms with E-state index in [4.69, 9.17) is 11.6 Å². The number of amides is 1. The highest BCUT2D eigenvalue weighted by molar-refractivity contribution is 7.99. The molecule has 1 unspecified atom stereocenters. The van der Waals surface area contributed by atoms with Crippen LogP contribution in [0.5, 0.6) is 0 Å². The Morgan fingerprint density at radius 3 is 2.80 bits per heavy atom. The van der Waals surface area contributed by atoms with Crippen LogP contribution in [0.3, 0.4) is 0 Å². The van der Waals surface area contributed by atoms with Gasteiger partial charge in [-0.2, -0.15) is 0 Å². The number of benzene rings is 2. The highest BCUT2D eigenvalue weighted by atomic mass is 35.5. The molecule has 0 bridgehead atoms. The molecule has 4 aromatic rings. The standard InChI is InChI=1S/C22H18ClN3O2S2/c1-14(19-10-5-11-29-19)24-20(27)13-30-22-25-18-9-3-2-8-17(18)21(28)26(22)16-7-4-6-15(23)12-16/h2-12,14H,13H2,1H3,(H,24,27). The van der Waals surface area contributed by atoms with Gasteiger partial charge in [-0.05, 0) is 48.7 Å². The smallest absolute Gasteiger partial charge is 0.266 e. The zero-order chi connectivity index (χ0) is 21.1. The molecule has 1 atom stereocenters. The molecular formula is C22H18ClN3O2S2. The minimum atomic E-state index is -0.197. The van der Waals surface area contributed by atoms with Gasteiger partial charge in [-0.25, -0.2) is 4.98 Å². The molecule has 2 aromatic heterocycles. The first kappa shape index (κ1) is 20.7. The van der Waals surface area contributed by atoms with Gasteiger partial charge in [-0.3, -0.25) is 14.2 Å². The molecule has 0 saturated heterocycles. The predicted molar refractivity (Wildman–Crippen MR) is 124 cm³/mol. The minimum absolute atomic E-state index is 0.0715. The number of aromatic nitrogens is 2. The van der Waals surface area contributed by atoms with Gasteiger partial charge in [-0.1, -0.05) is 47.6 Å². The van der Waals surface area contributed by atoms with E-state index in [-0.39, 0.29) is 23.3 Å². The summed E-state index contributed by atoms with van der Waals surface area (Å²) in [6.07, 6.45) is 0. The van der Waals surface area contributed by atoms with Crippen LogP contribution in [0, 0.1) is 0 Å². The number of rotatable bonds is 6. The lowest BCUT2D eigenvalue weighted by Crippen LogP contribution is -2.28. The van der Waals surface area contributed by atoms with Crippen LogP contribution in [0.15, 0.2) is 76.0 Å². The molecule has 2 aromatic carbocycles. The monoisotopic (exact) mass is 455 g/mol. The number of hydrogen-bond acceptors (Lipinski definition) is 5. The highest BCUT2D eigenvalue weighted by Gasteiger charge is 2.16. The second-order valence-electron chi connectivity index (χ2n) is 6.63. The Morgan fingerprint density at radius 1 is 1.20 bits per heavy atom. The number of hydrogen-bond donors (Lipinski definition) is 1. The third-order valence-corrected chi connectivity index (χ3v) is 6.72. The first-order valence-electron chi connectivity index (χ1n) is 9.26. The Kier molecular flexibility index (Phi) is 6.22. The van der Waals surface area contributed by atoms with Gasteiger partial charge in [0.1, 0.15) is 0 Å². The Hall–Kier alpha value is -2.61. The number of nitrogens with zero attached hydrogens (tertiary/aromatic N) is 2. The van der Waals surface area contributed by atoms with E-state index in [1.165, 1.54) is 16.3 Å². The number of nitrogens with one attached hydrogen (secondary N) is 1. The normalized spacial score (nSPS) is 12.1. The van der Waals surface area contributed by atoms with E-state index in [0.717, 1.165) is 4.88 Å². The first-order valence-corrected chi connectivity index (χ1v) is 11.5.